The Morgan fingerprint density at radius 1 is 1.37 bits per heavy atom. The van der Waals surface area contributed by atoms with Gasteiger partial charge in [-0.2, -0.15) is 0 Å². The molecule has 0 aromatic carbocycles. The number of carbonyl (C=O) groups excluding carboxylic acids is 2. The Morgan fingerprint density at radius 2 is 2.10 bits per heavy atom. The van der Waals surface area contributed by atoms with Crippen LogP contribution in [0.25, 0.3) is 0 Å². The second-order valence-electron chi connectivity index (χ2n) is 8.06. The summed E-state index contributed by atoms with van der Waals surface area (Å²) in [6.45, 7) is 2.19. The maximum atomic E-state index is 13.4. The molecular weight excluding hydrogens is 385 g/mol. The molecule has 2 amide bonds. The van der Waals surface area contributed by atoms with E-state index in [9.17, 15) is 18.8 Å². The molecule has 3 aliphatic rings. The van der Waals surface area contributed by atoms with Gasteiger partial charge in [-0.15, -0.1) is 6.42 Å². The Bertz CT molecular complexity index is 1070. The minimum atomic E-state index is -0.644. The number of terminal acetylenes is 1. The largest absolute Gasteiger partial charge is 0.337 e. The second kappa shape index (κ2) is 7.60. The van der Waals surface area contributed by atoms with Crippen LogP contribution in [0, 0.1) is 18.3 Å². The molecule has 156 valence electrons. The summed E-state index contributed by atoms with van der Waals surface area (Å²) in [6.07, 6.45) is 13.5. The lowest BCUT2D eigenvalue weighted by atomic mass is 9.96. The summed E-state index contributed by atoms with van der Waals surface area (Å²) in [5.74, 6) is 1.10. The van der Waals surface area contributed by atoms with Gasteiger partial charge in [0.2, 0.25) is 0 Å². The molecule has 1 aromatic rings. The molecule has 1 spiro atoms. The van der Waals surface area contributed by atoms with Crippen molar-refractivity contribution in [1.82, 2.24) is 14.8 Å². The Kier molecular flexibility index (Phi) is 5.10. The summed E-state index contributed by atoms with van der Waals surface area (Å²) in [5, 5.41) is 3.01. The van der Waals surface area contributed by atoms with E-state index in [-0.39, 0.29) is 29.5 Å². The zero-order valence-corrected chi connectivity index (χ0v) is 16.9. The zero-order valence-electron chi connectivity index (χ0n) is 16.9. The Balaban J connectivity index is 1.66. The number of nitrogens with zero attached hydrogens (tertiary/aromatic N) is 2. The van der Waals surface area contributed by atoms with Crippen LogP contribution >= 0.6 is 0 Å². The van der Waals surface area contributed by atoms with E-state index in [1.54, 1.807) is 22.5 Å². The summed E-state index contributed by atoms with van der Waals surface area (Å²) in [6, 6.07) is 1.36. The smallest absolute Gasteiger partial charge is 0.270 e. The van der Waals surface area contributed by atoms with E-state index in [1.165, 1.54) is 18.2 Å². The minimum Gasteiger partial charge on any atom is -0.337 e. The number of nitrogens with one attached hydrogen (secondary N) is 1. The number of halogens is 1. The molecule has 1 aliphatic carbocycles. The number of hydrogen-bond acceptors (Lipinski definition) is 3. The summed E-state index contributed by atoms with van der Waals surface area (Å²) in [4.78, 5) is 40.4. The first-order valence-corrected chi connectivity index (χ1v) is 10.3. The first kappa shape index (κ1) is 20.1. The van der Waals surface area contributed by atoms with E-state index in [2.05, 4.69) is 11.2 Å². The predicted octanol–water partition coefficient (Wildman–Crippen LogP) is 2.50. The van der Waals surface area contributed by atoms with Gasteiger partial charge in [0, 0.05) is 19.2 Å². The molecule has 1 atom stereocenters. The van der Waals surface area contributed by atoms with Gasteiger partial charge in [0.1, 0.15) is 17.2 Å². The van der Waals surface area contributed by atoms with E-state index in [0.717, 1.165) is 25.7 Å². The van der Waals surface area contributed by atoms with Crippen LogP contribution in [0.2, 0.25) is 0 Å². The van der Waals surface area contributed by atoms with Crippen molar-refractivity contribution in [1.29, 1.82) is 0 Å². The van der Waals surface area contributed by atoms with E-state index in [1.807, 2.05) is 0 Å². The summed E-state index contributed by atoms with van der Waals surface area (Å²) in [5.41, 5.74) is 0.250. The number of amides is 2. The van der Waals surface area contributed by atoms with Gasteiger partial charge in [-0.25, -0.2) is 4.39 Å². The standard InChI is InChI=1S/C23H24FN3O3/c1-3-15(7-8-16(24)4-2)14-26-12-9-17-18(22(26)30)13-19(28)27-20(17)21(29)25-23(27)10-5-6-11-23/h1,4,7-8,13,15H,5-6,9-12,14H2,2H3,(H,25,29)/b8-7-,16-4+. The van der Waals surface area contributed by atoms with Gasteiger partial charge >= 0.3 is 0 Å². The molecule has 1 fully saturated rings. The van der Waals surface area contributed by atoms with Gasteiger partial charge < -0.3 is 10.2 Å². The predicted molar refractivity (Wildman–Crippen MR) is 111 cm³/mol. The van der Waals surface area contributed by atoms with Crippen LogP contribution in [0.3, 0.4) is 0 Å². The molecule has 7 heteroatoms. The highest BCUT2D eigenvalue weighted by molar-refractivity contribution is 6.03. The van der Waals surface area contributed by atoms with Gasteiger partial charge in [0.25, 0.3) is 17.4 Å². The molecule has 1 saturated carbocycles. The Morgan fingerprint density at radius 3 is 2.77 bits per heavy atom. The molecule has 0 radical (unpaired) electrons. The highest BCUT2D eigenvalue weighted by atomic mass is 19.1. The van der Waals surface area contributed by atoms with Crippen molar-refractivity contribution in [2.24, 2.45) is 5.92 Å². The van der Waals surface area contributed by atoms with Crippen molar-refractivity contribution >= 4 is 11.8 Å². The fourth-order valence-corrected chi connectivity index (χ4v) is 4.79. The van der Waals surface area contributed by atoms with Crippen molar-refractivity contribution in [3.05, 3.63) is 57.3 Å². The van der Waals surface area contributed by atoms with Crippen molar-refractivity contribution < 1.29 is 14.0 Å². The van der Waals surface area contributed by atoms with Gasteiger partial charge in [-0.1, -0.05) is 18.1 Å². The molecule has 0 saturated heterocycles. The van der Waals surface area contributed by atoms with Crippen LogP contribution in [0.5, 0.6) is 0 Å². The number of aromatic nitrogens is 1. The van der Waals surface area contributed by atoms with Crippen molar-refractivity contribution in [3.63, 3.8) is 0 Å². The first-order chi connectivity index (χ1) is 14.4. The molecule has 1 N–H and O–H groups in total. The summed E-state index contributed by atoms with van der Waals surface area (Å²) in [7, 11) is 0. The van der Waals surface area contributed by atoms with Gasteiger partial charge in [-0.3, -0.25) is 19.0 Å². The molecule has 2 aliphatic heterocycles. The number of allylic oxidation sites excluding steroid dienone is 3. The summed E-state index contributed by atoms with van der Waals surface area (Å²) >= 11 is 0. The van der Waals surface area contributed by atoms with E-state index in [0.29, 0.717) is 24.2 Å². The van der Waals surface area contributed by atoms with Crippen LogP contribution in [-0.2, 0) is 12.1 Å². The lowest BCUT2D eigenvalue weighted by Gasteiger charge is -2.31. The molecule has 6 nitrogen and oxygen atoms in total. The van der Waals surface area contributed by atoms with Crippen LogP contribution in [0.1, 0.15) is 59.0 Å². The maximum absolute atomic E-state index is 13.4. The third kappa shape index (κ3) is 3.17. The quantitative estimate of drug-likeness (QED) is 0.614. The summed E-state index contributed by atoms with van der Waals surface area (Å²) < 4.78 is 14.9. The van der Waals surface area contributed by atoms with Crippen molar-refractivity contribution in [2.45, 2.75) is 44.7 Å². The van der Waals surface area contributed by atoms with E-state index in [4.69, 9.17) is 6.42 Å². The van der Waals surface area contributed by atoms with Crippen LogP contribution < -0.4 is 10.9 Å². The van der Waals surface area contributed by atoms with Crippen LogP contribution in [-0.4, -0.2) is 34.4 Å². The highest BCUT2D eigenvalue weighted by Crippen LogP contribution is 2.39. The molecule has 3 heterocycles. The Labute approximate surface area is 174 Å². The second-order valence-corrected chi connectivity index (χ2v) is 8.06. The number of carbonyl (C=O) groups is 2. The number of rotatable bonds is 4. The van der Waals surface area contributed by atoms with E-state index < -0.39 is 17.4 Å². The van der Waals surface area contributed by atoms with Gasteiger partial charge in [-0.05, 0) is 50.7 Å². The van der Waals surface area contributed by atoms with Gasteiger partial charge in [0.05, 0.1) is 11.5 Å². The molecule has 4 rings (SSSR count). The number of hydrogen-bond donors (Lipinski definition) is 1. The normalized spacial score (nSPS) is 21.0. The molecular formula is C23H24FN3O3. The lowest BCUT2D eigenvalue weighted by Crippen LogP contribution is -2.46. The monoisotopic (exact) mass is 409 g/mol. The fourth-order valence-electron chi connectivity index (χ4n) is 4.79. The number of pyridine rings is 1. The first-order valence-electron chi connectivity index (χ1n) is 10.3. The highest BCUT2D eigenvalue weighted by Gasteiger charge is 2.47. The SMILES string of the molecule is C#CC(/C=C\C(F)=C/C)CN1CCc2c(cc(=O)n3c2C(=O)NC32CCCC2)C1=O. The average molecular weight is 409 g/mol. The third-order valence-electron chi connectivity index (χ3n) is 6.29. The molecule has 1 unspecified atom stereocenters. The van der Waals surface area contributed by atoms with Gasteiger partial charge in [0.15, 0.2) is 0 Å². The van der Waals surface area contributed by atoms with Crippen LogP contribution in [0.15, 0.2) is 34.9 Å². The average Bonchev–Trinajstić information content (AvgIpc) is 3.32. The minimum absolute atomic E-state index is 0.219. The topological polar surface area (TPSA) is 71.4 Å². The third-order valence-corrected chi connectivity index (χ3v) is 6.29. The lowest BCUT2D eigenvalue weighted by molar-refractivity contribution is 0.0731. The zero-order chi connectivity index (χ0) is 21.5. The maximum Gasteiger partial charge on any atom is 0.270 e. The number of fused-ring (bicyclic) bond motifs is 4. The van der Waals surface area contributed by atoms with E-state index >= 15 is 0 Å². The van der Waals surface area contributed by atoms with Crippen molar-refractivity contribution in [3.8, 4) is 12.3 Å². The molecule has 0 bridgehead atoms. The fraction of sp³-hybridized carbons (Fsp3) is 0.435. The Hall–Kier alpha value is -3.14. The molecule has 30 heavy (non-hydrogen) atoms. The van der Waals surface area contributed by atoms with Crippen LogP contribution in [0.4, 0.5) is 4.39 Å². The molecule has 1 aromatic heterocycles. The van der Waals surface area contributed by atoms with Crippen molar-refractivity contribution in [2.75, 3.05) is 13.1 Å².